The predicted molar refractivity (Wildman–Crippen MR) is 81.4 cm³/mol. The molecule has 0 amide bonds. The van der Waals surface area contributed by atoms with Gasteiger partial charge in [0, 0.05) is 22.6 Å². The van der Waals surface area contributed by atoms with E-state index in [1.807, 2.05) is 32.0 Å². The number of rotatable bonds is 4. The highest BCUT2D eigenvalue weighted by Gasteiger charge is 2.26. The van der Waals surface area contributed by atoms with Gasteiger partial charge in [-0.2, -0.15) is 4.98 Å². The lowest BCUT2D eigenvalue weighted by Crippen LogP contribution is -2.32. The zero-order chi connectivity index (χ0) is 14.9. The van der Waals surface area contributed by atoms with E-state index in [1.165, 1.54) is 0 Å². The van der Waals surface area contributed by atoms with Crippen molar-refractivity contribution in [3.63, 3.8) is 0 Å². The van der Waals surface area contributed by atoms with Gasteiger partial charge in [-0.1, -0.05) is 17.3 Å². The summed E-state index contributed by atoms with van der Waals surface area (Å²) in [6.07, 6.45) is 1.33. The third kappa shape index (κ3) is 3.57. The molecule has 2 aromatic rings. The molecule has 21 heavy (non-hydrogen) atoms. The Kier molecular flexibility index (Phi) is 3.91. The number of thioether (sulfide) groups is 1. The van der Waals surface area contributed by atoms with E-state index >= 15 is 0 Å². The molecule has 0 spiro atoms. The van der Waals surface area contributed by atoms with Gasteiger partial charge in [0.25, 0.3) is 0 Å². The van der Waals surface area contributed by atoms with Gasteiger partial charge in [0.15, 0.2) is 6.10 Å². The van der Waals surface area contributed by atoms with Crippen LogP contribution in [0.25, 0.3) is 0 Å². The summed E-state index contributed by atoms with van der Waals surface area (Å²) in [6, 6.07) is 8.00. The van der Waals surface area contributed by atoms with Crippen LogP contribution in [0.2, 0.25) is 0 Å². The maximum atomic E-state index is 5.97. The molecule has 1 aliphatic heterocycles. The number of aryl methyl sites for hydroxylation is 1. The summed E-state index contributed by atoms with van der Waals surface area (Å²) in [5, 5.41) is 4.05. The van der Waals surface area contributed by atoms with Crippen LogP contribution >= 0.6 is 11.8 Å². The monoisotopic (exact) mass is 305 g/mol. The normalized spacial score (nSPS) is 18.1. The van der Waals surface area contributed by atoms with Gasteiger partial charge in [0.1, 0.15) is 5.75 Å². The Morgan fingerprint density at radius 2 is 2.19 bits per heavy atom. The van der Waals surface area contributed by atoms with E-state index in [2.05, 4.69) is 16.2 Å². The van der Waals surface area contributed by atoms with Gasteiger partial charge in [-0.05, 0) is 32.4 Å². The van der Waals surface area contributed by atoms with Crippen LogP contribution in [-0.2, 0) is 6.42 Å². The lowest BCUT2D eigenvalue weighted by atomic mass is 10.0. The first-order valence-electron chi connectivity index (χ1n) is 7.01. The van der Waals surface area contributed by atoms with E-state index in [9.17, 15) is 0 Å². The molecule has 0 fully saturated rings. The van der Waals surface area contributed by atoms with Crippen molar-refractivity contribution in [3.8, 4) is 5.75 Å². The molecule has 1 aromatic heterocycles. The van der Waals surface area contributed by atoms with Crippen LogP contribution in [0.4, 0.5) is 0 Å². The summed E-state index contributed by atoms with van der Waals surface area (Å²) in [4.78, 5) is 5.59. The zero-order valence-corrected chi connectivity index (χ0v) is 13.0. The minimum Gasteiger partial charge on any atom is -0.480 e. The Bertz CT molecular complexity index is 621. The maximum absolute atomic E-state index is 5.97. The summed E-state index contributed by atoms with van der Waals surface area (Å²) in [6.45, 7) is 3.98. The highest BCUT2D eigenvalue weighted by Crippen LogP contribution is 2.39. The Hall–Kier alpha value is -1.53. The average Bonchev–Trinajstić information content (AvgIpc) is 2.93. The van der Waals surface area contributed by atoms with Crippen molar-refractivity contribution in [2.24, 2.45) is 5.73 Å². The van der Waals surface area contributed by atoms with Crippen molar-refractivity contribution in [1.29, 1.82) is 0 Å². The zero-order valence-electron chi connectivity index (χ0n) is 12.2. The molecular formula is C15H19N3O2S. The van der Waals surface area contributed by atoms with Crippen LogP contribution in [0.1, 0.15) is 38.1 Å². The number of nitrogens with two attached hydrogens (primary N) is 1. The van der Waals surface area contributed by atoms with Crippen molar-refractivity contribution in [2.45, 2.75) is 43.2 Å². The minimum atomic E-state index is -0.231. The number of benzene rings is 1. The fraction of sp³-hybridized carbons (Fsp3) is 0.467. The number of para-hydroxylation sites is 1. The number of nitrogens with zero attached hydrogens (tertiary/aromatic N) is 2. The van der Waals surface area contributed by atoms with Crippen LogP contribution in [0.3, 0.4) is 0 Å². The van der Waals surface area contributed by atoms with Crippen molar-refractivity contribution in [2.75, 3.05) is 5.75 Å². The molecule has 1 aliphatic rings. The van der Waals surface area contributed by atoms with E-state index in [-0.39, 0.29) is 11.6 Å². The van der Waals surface area contributed by atoms with Gasteiger partial charge in [0.05, 0.1) is 0 Å². The number of hydrogen-bond donors (Lipinski definition) is 1. The lowest BCUT2D eigenvalue weighted by molar-refractivity contribution is 0.205. The van der Waals surface area contributed by atoms with E-state index in [4.69, 9.17) is 15.0 Å². The van der Waals surface area contributed by atoms with E-state index in [1.54, 1.807) is 11.8 Å². The largest absolute Gasteiger partial charge is 0.480 e. The second kappa shape index (κ2) is 5.69. The Morgan fingerprint density at radius 3 is 3.00 bits per heavy atom. The van der Waals surface area contributed by atoms with Crippen molar-refractivity contribution in [1.82, 2.24) is 10.1 Å². The van der Waals surface area contributed by atoms with Crippen LogP contribution < -0.4 is 10.5 Å². The van der Waals surface area contributed by atoms with Crippen LogP contribution in [-0.4, -0.2) is 21.4 Å². The fourth-order valence-electron chi connectivity index (χ4n) is 2.08. The summed E-state index contributed by atoms with van der Waals surface area (Å²) < 4.78 is 11.2. The second-order valence-corrected chi connectivity index (χ2v) is 6.96. The molecule has 5 nitrogen and oxygen atoms in total. The smallest absolute Gasteiger partial charge is 0.226 e. The Morgan fingerprint density at radius 1 is 1.38 bits per heavy atom. The summed E-state index contributed by atoms with van der Waals surface area (Å²) in [5.74, 6) is 2.91. The third-order valence-electron chi connectivity index (χ3n) is 3.26. The van der Waals surface area contributed by atoms with Gasteiger partial charge in [-0.15, -0.1) is 11.8 Å². The minimum absolute atomic E-state index is 0.159. The van der Waals surface area contributed by atoms with E-state index < -0.39 is 0 Å². The van der Waals surface area contributed by atoms with Gasteiger partial charge in [-0.25, -0.2) is 0 Å². The molecule has 2 heterocycles. The molecule has 112 valence electrons. The first kappa shape index (κ1) is 14.4. The second-order valence-electron chi connectivity index (χ2n) is 5.90. The van der Waals surface area contributed by atoms with Gasteiger partial charge in [0.2, 0.25) is 11.7 Å². The molecule has 0 bridgehead atoms. The molecule has 1 atom stereocenters. The highest BCUT2D eigenvalue weighted by molar-refractivity contribution is 7.99. The summed E-state index contributed by atoms with van der Waals surface area (Å²) >= 11 is 1.75. The molecule has 6 heteroatoms. The van der Waals surface area contributed by atoms with Crippen molar-refractivity contribution >= 4 is 11.8 Å². The molecule has 3 rings (SSSR count). The number of hydrogen-bond acceptors (Lipinski definition) is 6. The molecule has 1 unspecified atom stereocenters. The lowest BCUT2D eigenvalue weighted by Gasteiger charge is -2.22. The first-order chi connectivity index (χ1) is 10.0. The van der Waals surface area contributed by atoms with E-state index in [0.29, 0.717) is 18.1 Å². The average molecular weight is 305 g/mol. The first-order valence-corrected chi connectivity index (χ1v) is 8.00. The molecule has 0 aliphatic carbocycles. The molecular weight excluding hydrogens is 286 g/mol. The number of fused-ring (bicyclic) bond motifs is 1. The van der Waals surface area contributed by atoms with Crippen LogP contribution in [0.15, 0.2) is 33.7 Å². The molecule has 2 N–H and O–H groups in total. The summed E-state index contributed by atoms with van der Waals surface area (Å²) in [7, 11) is 0. The quantitative estimate of drug-likeness (QED) is 0.936. The molecule has 0 saturated heterocycles. The highest BCUT2D eigenvalue weighted by atomic mass is 32.2. The van der Waals surface area contributed by atoms with Crippen molar-refractivity contribution < 1.29 is 9.26 Å². The maximum Gasteiger partial charge on any atom is 0.226 e. The van der Waals surface area contributed by atoms with Gasteiger partial charge >= 0.3 is 0 Å². The van der Waals surface area contributed by atoms with Crippen LogP contribution in [0, 0.1) is 0 Å². The van der Waals surface area contributed by atoms with Crippen LogP contribution in [0.5, 0.6) is 5.75 Å². The van der Waals surface area contributed by atoms with Crippen molar-refractivity contribution in [3.05, 3.63) is 36.0 Å². The number of ether oxygens (including phenoxy) is 1. The molecule has 1 aromatic carbocycles. The third-order valence-corrected chi connectivity index (χ3v) is 4.38. The summed E-state index contributed by atoms with van der Waals surface area (Å²) in [5.41, 5.74) is 5.74. The van der Waals surface area contributed by atoms with E-state index in [0.717, 1.165) is 22.8 Å². The van der Waals surface area contributed by atoms with Gasteiger partial charge < -0.3 is 15.0 Å². The SMILES string of the molecule is CC(C)(N)CCc1nc(C2CSc3ccccc3O2)no1. The predicted octanol–water partition coefficient (Wildman–Crippen LogP) is 2.97. The topological polar surface area (TPSA) is 74.2 Å². The fourth-order valence-corrected chi connectivity index (χ4v) is 3.06. The standard InChI is InChI=1S/C15H19N3O2S/c1-15(2,16)8-7-13-17-14(18-20-13)11-9-21-12-6-4-3-5-10(12)19-11/h3-6,11H,7-9,16H2,1-2H3. The Labute approximate surface area is 128 Å². The molecule has 0 radical (unpaired) electrons. The Balaban J connectivity index is 1.67. The van der Waals surface area contributed by atoms with Gasteiger partial charge in [-0.3, -0.25) is 0 Å². The molecule has 0 saturated carbocycles. The number of aromatic nitrogens is 2.